The van der Waals surface area contributed by atoms with Crippen LogP contribution in [0, 0.1) is 10.1 Å². The van der Waals surface area contributed by atoms with Crippen LogP contribution in [0.15, 0.2) is 12.3 Å². The predicted octanol–water partition coefficient (Wildman–Crippen LogP) is 1.38. The van der Waals surface area contributed by atoms with E-state index in [1.807, 2.05) is 0 Å². The molecular formula is C12H17N3O5. The van der Waals surface area contributed by atoms with Crippen LogP contribution in [0.2, 0.25) is 0 Å². The Morgan fingerprint density at radius 2 is 2.05 bits per heavy atom. The third-order valence-electron chi connectivity index (χ3n) is 2.23. The quantitative estimate of drug-likeness (QED) is 0.492. The summed E-state index contributed by atoms with van der Waals surface area (Å²) >= 11 is 0. The predicted molar refractivity (Wildman–Crippen MR) is 70.2 cm³/mol. The molecule has 0 aliphatic rings. The van der Waals surface area contributed by atoms with Gasteiger partial charge in [-0.25, -0.2) is 4.79 Å². The summed E-state index contributed by atoms with van der Waals surface area (Å²) in [6, 6.07) is 0.237. The minimum atomic E-state index is -0.857. The Bertz CT molecular complexity index is 529. The minimum Gasteiger partial charge on any atom is -0.458 e. The summed E-state index contributed by atoms with van der Waals surface area (Å²) in [5.41, 5.74) is -0.867. The van der Waals surface area contributed by atoms with E-state index < -0.39 is 28.4 Å². The smallest absolute Gasteiger partial charge is 0.328 e. The van der Waals surface area contributed by atoms with Crippen molar-refractivity contribution in [2.45, 2.75) is 39.3 Å². The highest BCUT2D eigenvalue weighted by molar-refractivity contribution is 5.95. The van der Waals surface area contributed by atoms with Crippen molar-refractivity contribution in [2.24, 2.45) is 0 Å². The number of nitrogens with zero attached hydrogens (tertiary/aromatic N) is 1. The van der Waals surface area contributed by atoms with E-state index in [0.717, 1.165) is 12.3 Å². The van der Waals surface area contributed by atoms with Crippen molar-refractivity contribution in [3.8, 4) is 0 Å². The number of carbonyl (C=O) groups is 2. The van der Waals surface area contributed by atoms with Gasteiger partial charge in [0.15, 0.2) is 0 Å². The molecule has 8 nitrogen and oxygen atoms in total. The lowest BCUT2D eigenvalue weighted by molar-refractivity contribution is -0.384. The molecule has 0 bridgehead atoms. The minimum absolute atomic E-state index is 0.00658. The zero-order valence-electron chi connectivity index (χ0n) is 11.7. The number of rotatable bonds is 4. The standard InChI is InChI=1S/C12H17N3O5/c1-7(11(17)20-12(2,3)4)14-10(16)9-5-8(6-13-9)15(18)19/h5-7,13H,1-4H3,(H,14,16)/t7-/m1/s1. The summed E-state index contributed by atoms with van der Waals surface area (Å²) in [5.74, 6) is -1.19. The summed E-state index contributed by atoms with van der Waals surface area (Å²) in [4.78, 5) is 35.8. The number of aromatic nitrogens is 1. The topological polar surface area (TPSA) is 114 Å². The van der Waals surface area contributed by atoms with Crippen molar-refractivity contribution in [1.82, 2.24) is 10.3 Å². The van der Waals surface area contributed by atoms with Gasteiger partial charge in [0, 0.05) is 6.07 Å². The summed E-state index contributed by atoms with van der Waals surface area (Å²) in [5, 5.41) is 12.9. The van der Waals surface area contributed by atoms with Crippen molar-refractivity contribution in [3.05, 3.63) is 28.1 Å². The average molecular weight is 283 g/mol. The molecule has 8 heteroatoms. The van der Waals surface area contributed by atoms with E-state index in [9.17, 15) is 19.7 Å². The fourth-order valence-corrected chi connectivity index (χ4v) is 1.34. The van der Waals surface area contributed by atoms with Gasteiger partial charge in [-0.1, -0.05) is 0 Å². The average Bonchev–Trinajstić information content (AvgIpc) is 2.75. The van der Waals surface area contributed by atoms with Crippen molar-refractivity contribution in [1.29, 1.82) is 0 Å². The van der Waals surface area contributed by atoms with E-state index in [1.165, 1.54) is 6.92 Å². The first-order chi connectivity index (χ1) is 9.10. The van der Waals surface area contributed by atoms with Gasteiger partial charge >= 0.3 is 5.97 Å². The number of nitrogens with one attached hydrogen (secondary N) is 2. The summed E-state index contributed by atoms with van der Waals surface area (Å²) in [6.45, 7) is 6.62. The van der Waals surface area contributed by atoms with Crippen LogP contribution < -0.4 is 5.32 Å². The number of esters is 1. The second kappa shape index (κ2) is 5.72. The molecule has 110 valence electrons. The summed E-state index contributed by atoms with van der Waals surface area (Å²) in [7, 11) is 0. The third-order valence-corrected chi connectivity index (χ3v) is 2.23. The molecule has 1 amide bonds. The monoisotopic (exact) mass is 283 g/mol. The van der Waals surface area contributed by atoms with Crippen LogP contribution in [-0.2, 0) is 9.53 Å². The zero-order chi connectivity index (χ0) is 15.5. The summed E-state index contributed by atoms with van der Waals surface area (Å²) < 4.78 is 5.11. The molecule has 1 rings (SSSR count). The lowest BCUT2D eigenvalue weighted by atomic mass is 10.2. The molecule has 0 spiro atoms. The maximum Gasteiger partial charge on any atom is 0.328 e. The van der Waals surface area contributed by atoms with Crippen molar-refractivity contribution >= 4 is 17.6 Å². The zero-order valence-corrected chi connectivity index (χ0v) is 11.7. The molecule has 0 fully saturated rings. The van der Waals surface area contributed by atoms with Gasteiger partial charge in [0.1, 0.15) is 17.3 Å². The fraction of sp³-hybridized carbons (Fsp3) is 0.500. The van der Waals surface area contributed by atoms with Crippen LogP contribution >= 0.6 is 0 Å². The van der Waals surface area contributed by atoms with Crippen LogP contribution in [0.3, 0.4) is 0 Å². The lowest BCUT2D eigenvalue weighted by Gasteiger charge is -2.22. The molecule has 2 N–H and O–H groups in total. The normalized spacial score (nSPS) is 12.6. The number of amides is 1. The molecule has 0 unspecified atom stereocenters. The van der Waals surface area contributed by atoms with Crippen LogP contribution in [0.4, 0.5) is 5.69 Å². The van der Waals surface area contributed by atoms with Gasteiger partial charge in [-0.15, -0.1) is 0 Å². The van der Waals surface area contributed by atoms with Crippen molar-refractivity contribution in [3.63, 3.8) is 0 Å². The van der Waals surface area contributed by atoms with E-state index in [-0.39, 0.29) is 11.4 Å². The highest BCUT2D eigenvalue weighted by Crippen LogP contribution is 2.12. The number of H-pyrrole nitrogens is 1. The number of ether oxygens (including phenoxy) is 1. The molecular weight excluding hydrogens is 266 g/mol. The van der Waals surface area contributed by atoms with E-state index in [0.29, 0.717) is 0 Å². The SMILES string of the molecule is C[C@@H](NC(=O)c1cc([N+](=O)[O-])c[nH]1)C(=O)OC(C)(C)C. The Morgan fingerprint density at radius 3 is 2.50 bits per heavy atom. The number of carbonyl (C=O) groups excluding carboxylic acids is 2. The van der Waals surface area contributed by atoms with Crippen molar-refractivity contribution < 1.29 is 19.2 Å². The Balaban J connectivity index is 2.65. The Hall–Kier alpha value is -2.38. The second-order valence-corrected chi connectivity index (χ2v) is 5.26. The molecule has 1 aromatic heterocycles. The van der Waals surface area contributed by atoms with Gasteiger partial charge in [0.05, 0.1) is 11.1 Å². The molecule has 1 atom stereocenters. The van der Waals surface area contributed by atoms with Gasteiger partial charge in [0.2, 0.25) is 0 Å². The van der Waals surface area contributed by atoms with E-state index in [4.69, 9.17) is 4.74 Å². The van der Waals surface area contributed by atoms with Crippen LogP contribution in [-0.4, -0.2) is 33.4 Å². The van der Waals surface area contributed by atoms with E-state index in [2.05, 4.69) is 10.3 Å². The largest absolute Gasteiger partial charge is 0.458 e. The highest BCUT2D eigenvalue weighted by Gasteiger charge is 2.24. The first-order valence-electron chi connectivity index (χ1n) is 5.96. The maximum absolute atomic E-state index is 11.8. The van der Waals surface area contributed by atoms with E-state index >= 15 is 0 Å². The molecule has 0 saturated heterocycles. The number of aromatic amines is 1. The first-order valence-corrected chi connectivity index (χ1v) is 5.96. The Morgan fingerprint density at radius 1 is 1.45 bits per heavy atom. The van der Waals surface area contributed by atoms with Crippen LogP contribution in [0.1, 0.15) is 38.2 Å². The van der Waals surface area contributed by atoms with Crippen LogP contribution in [0.5, 0.6) is 0 Å². The van der Waals surface area contributed by atoms with Gasteiger partial charge < -0.3 is 15.0 Å². The van der Waals surface area contributed by atoms with Gasteiger partial charge in [0.25, 0.3) is 11.6 Å². The molecule has 0 radical (unpaired) electrons. The number of hydrogen-bond donors (Lipinski definition) is 2. The first kappa shape index (κ1) is 15.7. The number of hydrogen-bond acceptors (Lipinski definition) is 5. The fourth-order valence-electron chi connectivity index (χ4n) is 1.34. The molecule has 1 aromatic rings. The highest BCUT2D eigenvalue weighted by atomic mass is 16.6. The van der Waals surface area contributed by atoms with Gasteiger partial charge in [-0.3, -0.25) is 14.9 Å². The summed E-state index contributed by atoms with van der Waals surface area (Å²) in [6.07, 6.45) is 1.10. The molecule has 0 aromatic carbocycles. The second-order valence-electron chi connectivity index (χ2n) is 5.26. The van der Waals surface area contributed by atoms with Crippen LogP contribution in [0.25, 0.3) is 0 Å². The lowest BCUT2D eigenvalue weighted by Crippen LogP contribution is -2.42. The molecule has 0 aliphatic heterocycles. The number of nitro groups is 1. The van der Waals surface area contributed by atoms with Gasteiger partial charge in [-0.2, -0.15) is 0 Å². The molecule has 0 aliphatic carbocycles. The Kier molecular flexibility index (Phi) is 4.49. The Labute approximate surface area is 115 Å². The van der Waals surface area contributed by atoms with Crippen molar-refractivity contribution in [2.75, 3.05) is 0 Å². The maximum atomic E-state index is 11.8. The molecule has 1 heterocycles. The van der Waals surface area contributed by atoms with Gasteiger partial charge in [-0.05, 0) is 27.7 Å². The molecule has 0 saturated carbocycles. The third kappa shape index (κ3) is 4.38. The van der Waals surface area contributed by atoms with E-state index in [1.54, 1.807) is 20.8 Å². The molecule has 20 heavy (non-hydrogen) atoms.